The molecule has 2 aromatic rings. The van der Waals surface area contributed by atoms with E-state index >= 15 is 0 Å². The average Bonchev–Trinajstić information content (AvgIpc) is 3.30. The number of nitrogens with one attached hydrogen (secondary N) is 1. The molecule has 0 aromatic carbocycles. The van der Waals surface area contributed by atoms with Crippen LogP contribution < -0.4 is 10.1 Å². The van der Waals surface area contributed by atoms with E-state index in [0.717, 1.165) is 44.8 Å². The Labute approximate surface area is 192 Å². The first-order valence-corrected chi connectivity index (χ1v) is 11.5. The number of hydrogen-bond donors (Lipinski definition) is 1. The summed E-state index contributed by atoms with van der Waals surface area (Å²) in [5.41, 5.74) is 4.44. The van der Waals surface area contributed by atoms with Crippen molar-refractivity contribution in [3.63, 3.8) is 0 Å². The van der Waals surface area contributed by atoms with E-state index in [-0.39, 0.29) is 11.9 Å². The SMILES string of the molecule is COc1ccc2ncc(F)c(CCN3CC/C(=C\NCC4=CCC5OCCOC5=C4)C3)c2n1. The molecule has 33 heavy (non-hydrogen) atoms. The van der Waals surface area contributed by atoms with Crippen molar-refractivity contribution in [2.45, 2.75) is 25.4 Å². The van der Waals surface area contributed by atoms with Gasteiger partial charge in [-0.15, -0.1) is 0 Å². The summed E-state index contributed by atoms with van der Waals surface area (Å²) in [5.74, 6) is 1.10. The highest BCUT2D eigenvalue weighted by Crippen LogP contribution is 2.25. The maximum absolute atomic E-state index is 14.5. The standard InChI is InChI=1S/C25H29FN4O3/c1-31-24-5-3-21-25(29-24)19(20(26)15-28-21)7-9-30-8-6-18(16-30)14-27-13-17-2-4-22-23(12-17)33-11-10-32-22/h2-3,5,12,14-15,22,27H,4,6-11,13,16H2,1H3/b18-14+. The van der Waals surface area contributed by atoms with Gasteiger partial charge in [-0.05, 0) is 48.8 Å². The molecular weight excluding hydrogens is 423 g/mol. The lowest BCUT2D eigenvalue weighted by Crippen LogP contribution is -2.28. The van der Waals surface area contributed by atoms with E-state index in [4.69, 9.17) is 14.2 Å². The molecule has 0 spiro atoms. The largest absolute Gasteiger partial charge is 0.493 e. The van der Waals surface area contributed by atoms with Crippen molar-refractivity contribution in [3.05, 3.63) is 65.0 Å². The fourth-order valence-electron chi connectivity index (χ4n) is 4.53. The van der Waals surface area contributed by atoms with Crippen LogP contribution >= 0.6 is 0 Å². The zero-order valence-electron chi connectivity index (χ0n) is 18.8. The molecule has 0 amide bonds. The Bertz CT molecular complexity index is 1110. The van der Waals surface area contributed by atoms with Gasteiger partial charge in [0.25, 0.3) is 0 Å². The Hall–Kier alpha value is -2.97. The van der Waals surface area contributed by atoms with Crippen LogP contribution in [0.4, 0.5) is 4.39 Å². The number of aromatic nitrogens is 2. The van der Waals surface area contributed by atoms with Gasteiger partial charge < -0.3 is 19.5 Å². The second-order valence-electron chi connectivity index (χ2n) is 8.54. The summed E-state index contributed by atoms with van der Waals surface area (Å²) in [7, 11) is 1.56. The molecule has 2 fully saturated rings. The molecule has 3 aliphatic rings. The van der Waals surface area contributed by atoms with Gasteiger partial charge in [0.2, 0.25) is 5.88 Å². The number of pyridine rings is 2. The highest BCUT2D eigenvalue weighted by atomic mass is 19.1. The van der Waals surface area contributed by atoms with Crippen LogP contribution in [0, 0.1) is 5.82 Å². The molecule has 5 rings (SSSR count). The number of methoxy groups -OCH3 is 1. The molecule has 1 atom stereocenters. The quantitative estimate of drug-likeness (QED) is 0.692. The predicted molar refractivity (Wildman–Crippen MR) is 123 cm³/mol. The summed E-state index contributed by atoms with van der Waals surface area (Å²) in [6, 6.07) is 3.56. The zero-order valence-corrected chi connectivity index (χ0v) is 18.8. The summed E-state index contributed by atoms with van der Waals surface area (Å²) >= 11 is 0. The van der Waals surface area contributed by atoms with Gasteiger partial charge in [0.05, 0.1) is 30.9 Å². The molecular formula is C25H29FN4O3. The second kappa shape index (κ2) is 9.89. The minimum absolute atomic E-state index is 0.0860. The summed E-state index contributed by atoms with van der Waals surface area (Å²) < 4.78 is 31.2. The first kappa shape index (κ1) is 21.9. The van der Waals surface area contributed by atoms with Gasteiger partial charge in [-0.1, -0.05) is 6.08 Å². The lowest BCUT2D eigenvalue weighted by molar-refractivity contribution is -0.0417. The van der Waals surface area contributed by atoms with Crippen LogP contribution in [0.3, 0.4) is 0 Å². The maximum atomic E-state index is 14.5. The van der Waals surface area contributed by atoms with Gasteiger partial charge in [-0.25, -0.2) is 9.37 Å². The Morgan fingerprint density at radius 3 is 3.18 bits per heavy atom. The topological polar surface area (TPSA) is 68.7 Å². The first-order chi connectivity index (χ1) is 16.2. The second-order valence-corrected chi connectivity index (χ2v) is 8.54. The highest BCUT2D eigenvalue weighted by Gasteiger charge is 2.23. The average molecular weight is 453 g/mol. The van der Waals surface area contributed by atoms with Crippen LogP contribution in [0.2, 0.25) is 0 Å². The van der Waals surface area contributed by atoms with Crippen LogP contribution in [-0.2, 0) is 15.9 Å². The zero-order chi connectivity index (χ0) is 22.6. The van der Waals surface area contributed by atoms with Crippen molar-refractivity contribution in [1.29, 1.82) is 0 Å². The van der Waals surface area contributed by atoms with E-state index in [0.29, 0.717) is 42.1 Å². The van der Waals surface area contributed by atoms with E-state index in [1.807, 2.05) is 6.07 Å². The van der Waals surface area contributed by atoms with Gasteiger partial charge in [-0.3, -0.25) is 9.88 Å². The minimum Gasteiger partial charge on any atom is -0.493 e. The smallest absolute Gasteiger partial charge is 0.213 e. The lowest BCUT2D eigenvalue weighted by atomic mass is 10.0. The van der Waals surface area contributed by atoms with Gasteiger partial charge in [0.1, 0.15) is 24.3 Å². The molecule has 2 aromatic heterocycles. The van der Waals surface area contributed by atoms with Crippen LogP contribution in [0.25, 0.3) is 11.0 Å². The van der Waals surface area contributed by atoms with Gasteiger partial charge in [0.15, 0.2) is 0 Å². The lowest BCUT2D eigenvalue weighted by Gasteiger charge is -2.28. The number of ether oxygens (including phenoxy) is 3. The fourth-order valence-corrected chi connectivity index (χ4v) is 4.53. The van der Waals surface area contributed by atoms with E-state index in [1.54, 1.807) is 13.2 Å². The monoisotopic (exact) mass is 452 g/mol. The van der Waals surface area contributed by atoms with Gasteiger partial charge >= 0.3 is 0 Å². The molecule has 1 unspecified atom stereocenters. The highest BCUT2D eigenvalue weighted by molar-refractivity contribution is 5.78. The van der Waals surface area contributed by atoms with Crippen molar-refractivity contribution >= 4 is 11.0 Å². The first-order valence-electron chi connectivity index (χ1n) is 11.5. The van der Waals surface area contributed by atoms with E-state index < -0.39 is 0 Å². The van der Waals surface area contributed by atoms with E-state index in [9.17, 15) is 4.39 Å². The molecule has 0 saturated carbocycles. The number of fused-ring (bicyclic) bond motifs is 2. The molecule has 2 aliphatic heterocycles. The molecule has 174 valence electrons. The molecule has 0 radical (unpaired) electrons. The summed E-state index contributed by atoms with van der Waals surface area (Å²) in [5, 5.41) is 3.44. The van der Waals surface area contributed by atoms with Crippen molar-refractivity contribution in [1.82, 2.24) is 20.2 Å². The summed E-state index contributed by atoms with van der Waals surface area (Å²) in [6.45, 7) is 4.68. The Morgan fingerprint density at radius 1 is 1.33 bits per heavy atom. The molecule has 7 nitrogen and oxygen atoms in total. The van der Waals surface area contributed by atoms with Crippen molar-refractivity contribution in [2.24, 2.45) is 0 Å². The Morgan fingerprint density at radius 2 is 2.27 bits per heavy atom. The van der Waals surface area contributed by atoms with Crippen LogP contribution in [-0.4, -0.2) is 67.5 Å². The molecule has 2 saturated heterocycles. The number of rotatable bonds is 7. The van der Waals surface area contributed by atoms with Gasteiger partial charge in [-0.2, -0.15) is 0 Å². The van der Waals surface area contributed by atoms with E-state index in [2.05, 4.69) is 38.5 Å². The number of halogens is 1. The normalized spacial score (nSPS) is 22.0. The third kappa shape index (κ3) is 5.02. The molecule has 1 N–H and O–H groups in total. The summed E-state index contributed by atoms with van der Waals surface area (Å²) in [6.07, 6.45) is 10.3. The predicted octanol–water partition coefficient (Wildman–Crippen LogP) is 3.13. The molecule has 1 aliphatic carbocycles. The van der Waals surface area contributed by atoms with E-state index in [1.165, 1.54) is 17.3 Å². The van der Waals surface area contributed by atoms with Crippen molar-refractivity contribution < 1.29 is 18.6 Å². The molecule has 4 heterocycles. The molecule has 0 bridgehead atoms. The van der Waals surface area contributed by atoms with Gasteiger partial charge in [0, 0.05) is 37.8 Å². The van der Waals surface area contributed by atoms with Crippen molar-refractivity contribution in [2.75, 3.05) is 46.5 Å². The summed E-state index contributed by atoms with van der Waals surface area (Å²) in [4.78, 5) is 10.9. The minimum atomic E-state index is -0.315. The Kier molecular flexibility index (Phi) is 6.55. The Balaban J connectivity index is 1.15. The van der Waals surface area contributed by atoms with Crippen LogP contribution in [0.1, 0.15) is 18.4 Å². The van der Waals surface area contributed by atoms with Crippen LogP contribution in [0.15, 0.2) is 53.6 Å². The third-order valence-corrected chi connectivity index (χ3v) is 6.33. The number of likely N-dealkylation sites (tertiary alicyclic amines) is 1. The number of hydrogen-bond acceptors (Lipinski definition) is 7. The van der Waals surface area contributed by atoms with Crippen LogP contribution in [0.5, 0.6) is 5.88 Å². The number of nitrogens with zero attached hydrogens (tertiary/aromatic N) is 3. The van der Waals surface area contributed by atoms with Crippen molar-refractivity contribution in [3.8, 4) is 5.88 Å². The molecule has 8 heteroatoms. The fraction of sp³-hybridized carbons (Fsp3) is 0.440. The maximum Gasteiger partial charge on any atom is 0.213 e. The third-order valence-electron chi connectivity index (χ3n) is 6.33.